The largest absolute Gasteiger partial charge is 0.255 e. The van der Waals surface area contributed by atoms with Crippen molar-refractivity contribution < 1.29 is 0 Å². The van der Waals surface area contributed by atoms with Crippen LogP contribution >= 0.6 is 0 Å². The summed E-state index contributed by atoms with van der Waals surface area (Å²) in [4.78, 5) is 9.37. The van der Waals surface area contributed by atoms with Gasteiger partial charge in [-0.3, -0.25) is 4.98 Å². The van der Waals surface area contributed by atoms with E-state index >= 15 is 0 Å². The van der Waals surface area contributed by atoms with Crippen LogP contribution < -0.4 is 0 Å². The van der Waals surface area contributed by atoms with Crippen LogP contribution in [0.2, 0.25) is 0 Å². The van der Waals surface area contributed by atoms with Crippen molar-refractivity contribution in [2.75, 3.05) is 0 Å². The van der Waals surface area contributed by atoms with Crippen LogP contribution in [-0.4, -0.2) is 19.7 Å². The fourth-order valence-corrected chi connectivity index (χ4v) is 3.33. The highest BCUT2D eigenvalue weighted by Crippen LogP contribution is 2.29. The summed E-state index contributed by atoms with van der Waals surface area (Å²) in [6.07, 6.45) is 5.51. The fourth-order valence-electron chi connectivity index (χ4n) is 3.33. The van der Waals surface area contributed by atoms with Crippen LogP contribution in [0.4, 0.5) is 0 Å². The topological polar surface area (TPSA) is 43.6 Å². The molecular formula is C25H18N4. The first-order chi connectivity index (χ1) is 14.4. The summed E-state index contributed by atoms with van der Waals surface area (Å²) in [5, 5.41) is 4.29. The third-order valence-electron chi connectivity index (χ3n) is 4.79. The average molecular weight is 374 g/mol. The van der Waals surface area contributed by atoms with Gasteiger partial charge in [-0.15, -0.1) is 0 Å². The van der Waals surface area contributed by atoms with E-state index in [1.807, 2.05) is 53.3 Å². The zero-order chi connectivity index (χ0) is 19.5. The van der Waals surface area contributed by atoms with Gasteiger partial charge in [0.2, 0.25) is 0 Å². The van der Waals surface area contributed by atoms with Crippen molar-refractivity contribution in [3.63, 3.8) is 0 Å². The predicted octanol–water partition coefficient (Wildman–Crippen LogP) is 5.66. The predicted molar refractivity (Wildman–Crippen MR) is 115 cm³/mol. The van der Waals surface area contributed by atoms with Gasteiger partial charge in [-0.25, -0.2) is 9.67 Å². The Kier molecular flexibility index (Phi) is 4.43. The van der Waals surface area contributed by atoms with Crippen LogP contribution in [0, 0.1) is 0 Å². The molecule has 0 radical (unpaired) electrons. The monoisotopic (exact) mass is 374 g/mol. The first kappa shape index (κ1) is 17.1. The Labute approximate surface area is 169 Å². The van der Waals surface area contributed by atoms with Gasteiger partial charge >= 0.3 is 0 Å². The Morgan fingerprint density at radius 2 is 1.34 bits per heavy atom. The Bertz CT molecular complexity index is 1160. The number of benzene rings is 2. The molecule has 0 saturated heterocycles. The summed E-state index contributed by atoms with van der Waals surface area (Å²) >= 11 is 0. The zero-order valence-corrected chi connectivity index (χ0v) is 15.7. The SMILES string of the molecule is c1ccc(-c2cc(-c3ccc(-n4cccn4)cc3)cc(-c3ccccn3)n2)cc1. The number of nitrogens with zero attached hydrogens (tertiary/aromatic N) is 4. The van der Waals surface area contributed by atoms with Crippen molar-refractivity contribution in [1.29, 1.82) is 0 Å². The van der Waals surface area contributed by atoms with Crippen molar-refractivity contribution in [2.24, 2.45) is 0 Å². The maximum absolute atomic E-state index is 4.88. The number of rotatable bonds is 4. The molecule has 0 aliphatic rings. The number of aromatic nitrogens is 4. The normalized spacial score (nSPS) is 10.8. The van der Waals surface area contributed by atoms with E-state index in [1.165, 1.54) is 0 Å². The molecule has 0 aliphatic heterocycles. The molecule has 3 heterocycles. The van der Waals surface area contributed by atoms with Gasteiger partial charge in [-0.2, -0.15) is 5.10 Å². The quantitative estimate of drug-likeness (QED) is 0.407. The lowest BCUT2D eigenvalue weighted by atomic mass is 10.0. The molecule has 4 nitrogen and oxygen atoms in total. The summed E-state index contributed by atoms with van der Waals surface area (Å²) in [6, 6.07) is 30.6. The highest BCUT2D eigenvalue weighted by molar-refractivity contribution is 5.76. The summed E-state index contributed by atoms with van der Waals surface area (Å²) in [6.45, 7) is 0. The maximum Gasteiger partial charge on any atom is 0.0899 e. The Hall–Kier alpha value is -4.05. The highest BCUT2D eigenvalue weighted by atomic mass is 15.3. The molecule has 5 aromatic rings. The molecule has 0 amide bonds. The van der Waals surface area contributed by atoms with Gasteiger partial charge in [0.25, 0.3) is 0 Å². The second-order valence-corrected chi connectivity index (χ2v) is 6.70. The molecule has 0 aliphatic carbocycles. The summed E-state index contributed by atoms with van der Waals surface area (Å²) < 4.78 is 1.85. The van der Waals surface area contributed by atoms with Crippen LogP contribution in [0.1, 0.15) is 0 Å². The molecule has 5 rings (SSSR count). The minimum absolute atomic E-state index is 0.859. The molecular weight excluding hydrogens is 356 g/mol. The van der Waals surface area contributed by atoms with E-state index < -0.39 is 0 Å². The zero-order valence-electron chi connectivity index (χ0n) is 15.7. The molecule has 4 heteroatoms. The Morgan fingerprint density at radius 1 is 0.552 bits per heavy atom. The smallest absolute Gasteiger partial charge is 0.0899 e. The third-order valence-corrected chi connectivity index (χ3v) is 4.79. The van der Waals surface area contributed by atoms with Crippen molar-refractivity contribution in [1.82, 2.24) is 19.7 Å². The first-order valence-corrected chi connectivity index (χ1v) is 9.46. The molecule has 2 aromatic carbocycles. The van der Waals surface area contributed by atoms with Gasteiger partial charge in [0.05, 0.1) is 22.8 Å². The van der Waals surface area contributed by atoms with Crippen molar-refractivity contribution in [2.45, 2.75) is 0 Å². The number of pyridine rings is 2. The van der Waals surface area contributed by atoms with Crippen LogP contribution in [0.25, 0.3) is 39.5 Å². The van der Waals surface area contributed by atoms with E-state index in [0.29, 0.717) is 0 Å². The van der Waals surface area contributed by atoms with Gasteiger partial charge in [-0.1, -0.05) is 48.5 Å². The van der Waals surface area contributed by atoms with Crippen LogP contribution in [0.3, 0.4) is 0 Å². The molecule has 3 aromatic heterocycles. The molecule has 0 bridgehead atoms. The summed E-state index contributed by atoms with van der Waals surface area (Å²) in [7, 11) is 0. The van der Waals surface area contributed by atoms with E-state index in [4.69, 9.17) is 4.98 Å². The van der Waals surface area contributed by atoms with Crippen LogP contribution in [0.5, 0.6) is 0 Å². The molecule has 29 heavy (non-hydrogen) atoms. The van der Waals surface area contributed by atoms with Crippen LogP contribution in [0.15, 0.2) is 110 Å². The van der Waals surface area contributed by atoms with E-state index in [-0.39, 0.29) is 0 Å². The number of hydrogen-bond acceptors (Lipinski definition) is 3. The summed E-state index contributed by atoms with van der Waals surface area (Å²) in [5.41, 5.74) is 6.99. The molecule has 0 fully saturated rings. The molecule has 0 saturated carbocycles. The lowest BCUT2D eigenvalue weighted by Crippen LogP contribution is -1.94. The first-order valence-electron chi connectivity index (χ1n) is 9.46. The van der Waals surface area contributed by atoms with E-state index in [2.05, 4.69) is 58.6 Å². The lowest BCUT2D eigenvalue weighted by Gasteiger charge is -2.10. The molecule has 0 unspecified atom stereocenters. The number of hydrogen-bond donors (Lipinski definition) is 0. The van der Waals surface area contributed by atoms with Gasteiger partial charge in [0.15, 0.2) is 0 Å². The standard InChI is InChI=1S/C25H18N4/c1-2-7-20(8-3-1)24-17-21(18-25(28-24)23-9-4-5-14-26-23)19-10-12-22(13-11-19)29-16-6-15-27-29/h1-18H. The minimum Gasteiger partial charge on any atom is -0.255 e. The van der Waals surface area contributed by atoms with Crippen LogP contribution in [-0.2, 0) is 0 Å². The lowest BCUT2D eigenvalue weighted by molar-refractivity contribution is 0.881. The second-order valence-electron chi connectivity index (χ2n) is 6.70. The second kappa shape index (κ2) is 7.52. The van der Waals surface area contributed by atoms with Gasteiger partial charge in [0, 0.05) is 24.2 Å². The summed E-state index contributed by atoms with van der Waals surface area (Å²) in [5.74, 6) is 0. The van der Waals surface area contributed by atoms with E-state index in [1.54, 1.807) is 12.4 Å². The van der Waals surface area contributed by atoms with Gasteiger partial charge < -0.3 is 0 Å². The van der Waals surface area contributed by atoms with Gasteiger partial charge in [-0.05, 0) is 53.6 Å². The van der Waals surface area contributed by atoms with Crippen molar-refractivity contribution in [3.8, 4) is 39.5 Å². The molecule has 138 valence electrons. The minimum atomic E-state index is 0.859. The highest BCUT2D eigenvalue weighted by Gasteiger charge is 2.09. The van der Waals surface area contributed by atoms with E-state index in [9.17, 15) is 0 Å². The average Bonchev–Trinajstić information content (AvgIpc) is 3.35. The van der Waals surface area contributed by atoms with Crippen molar-refractivity contribution in [3.05, 3.63) is 110 Å². The van der Waals surface area contributed by atoms with E-state index in [0.717, 1.165) is 39.5 Å². The van der Waals surface area contributed by atoms with Gasteiger partial charge in [0.1, 0.15) is 0 Å². The Balaban J connectivity index is 1.62. The molecule has 0 spiro atoms. The third kappa shape index (κ3) is 3.56. The fraction of sp³-hybridized carbons (Fsp3) is 0. The van der Waals surface area contributed by atoms with Crippen molar-refractivity contribution >= 4 is 0 Å². The Morgan fingerprint density at radius 3 is 2.07 bits per heavy atom. The molecule has 0 N–H and O–H groups in total. The maximum atomic E-state index is 4.88. The molecule has 0 atom stereocenters.